The number of carbonyl (C=O) groups is 1. The maximum atomic E-state index is 11.7. The maximum absolute atomic E-state index is 11.7. The van der Waals surface area contributed by atoms with E-state index >= 15 is 0 Å². The number of nitrogens with zero attached hydrogens (tertiary/aromatic N) is 1. The molecule has 3 nitrogen and oxygen atoms in total. The highest BCUT2D eigenvalue weighted by atomic mass is 16.2. The first-order valence-electron chi connectivity index (χ1n) is 6.17. The molecule has 1 aromatic rings. The summed E-state index contributed by atoms with van der Waals surface area (Å²) in [6.45, 7) is 0.897. The molecule has 0 radical (unpaired) electrons. The minimum atomic E-state index is -0.164. The van der Waals surface area contributed by atoms with Crippen LogP contribution in [0.3, 0.4) is 0 Å². The van der Waals surface area contributed by atoms with E-state index in [0.29, 0.717) is 6.54 Å². The SMILES string of the molecule is CN(CCCCCO)C(=O)C#Cc1ccccc1. The zero-order valence-electron chi connectivity index (χ0n) is 10.7. The van der Waals surface area contributed by atoms with Gasteiger partial charge < -0.3 is 10.0 Å². The molecule has 0 saturated carbocycles. The van der Waals surface area contributed by atoms with Crippen LogP contribution in [0.5, 0.6) is 0 Å². The van der Waals surface area contributed by atoms with E-state index < -0.39 is 0 Å². The molecule has 0 aliphatic carbocycles. The van der Waals surface area contributed by atoms with Crippen molar-refractivity contribution >= 4 is 5.91 Å². The molecule has 3 heteroatoms. The zero-order chi connectivity index (χ0) is 13.2. The summed E-state index contributed by atoms with van der Waals surface area (Å²) in [7, 11) is 1.75. The van der Waals surface area contributed by atoms with Gasteiger partial charge in [-0.2, -0.15) is 0 Å². The van der Waals surface area contributed by atoms with Crippen molar-refractivity contribution in [2.45, 2.75) is 19.3 Å². The van der Waals surface area contributed by atoms with Crippen molar-refractivity contribution in [1.82, 2.24) is 4.90 Å². The molecule has 0 saturated heterocycles. The van der Waals surface area contributed by atoms with Gasteiger partial charge in [0.2, 0.25) is 0 Å². The number of hydrogen-bond donors (Lipinski definition) is 1. The van der Waals surface area contributed by atoms with Gasteiger partial charge in [0, 0.05) is 31.7 Å². The van der Waals surface area contributed by atoms with Crippen LogP contribution in [0.25, 0.3) is 0 Å². The predicted molar refractivity (Wildman–Crippen MR) is 71.9 cm³/mol. The van der Waals surface area contributed by atoms with Crippen LogP contribution >= 0.6 is 0 Å². The van der Waals surface area contributed by atoms with Crippen molar-refractivity contribution in [2.75, 3.05) is 20.2 Å². The highest BCUT2D eigenvalue weighted by Crippen LogP contribution is 1.98. The summed E-state index contributed by atoms with van der Waals surface area (Å²) in [5.41, 5.74) is 0.847. The molecule has 0 heterocycles. The van der Waals surface area contributed by atoms with Crippen LogP contribution in [0, 0.1) is 11.8 Å². The molecule has 1 N–H and O–H groups in total. The summed E-state index contributed by atoms with van der Waals surface area (Å²) < 4.78 is 0. The molecule has 0 unspecified atom stereocenters. The molecule has 1 aromatic carbocycles. The average molecular weight is 245 g/mol. The van der Waals surface area contributed by atoms with Crippen molar-refractivity contribution in [3.8, 4) is 11.8 Å². The minimum Gasteiger partial charge on any atom is -0.396 e. The Morgan fingerprint density at radius 1 is 1.22 bits per heavy atom. The van der Waals surface area contributed by atoms with Crippen LogP contribution in [0.1, 0.15) is 24.8 Å². The van der Waals surface area contributed by atoms with Gasteiger partial charge in [-0.25, -0.2) is 0 Å². The second-order valence-electron chi connectivity index (χ2n) is 4.13. The summed E-state index contributed by atoms with van der Waals surface area (Å²) >= 11 is 0. The van der Waals surface area contributed by atoms with Gasteiger partial charge in [-0.1, -0.05) is 24.1 Å². The van der Waals surface area contributed by atoms with E-state index in [0.717, 1.165) is 24.8 Å². The molecular weight excluding hydrogens is 226 g/mol. The van der Waals surface area contributed by atoms with Gasteiger partial charge in [-0.15, -0.1) is 0 Å². The molecule has 96 valence electrons. The fraction of sp³-hybridized carbons (Fsp3) is 0.400. The van der Waals surface area contributed by atoms with Crippen molar-refractivity contribution in [3.05, 3.63) is 35.9 Å². The van der Waals surface area contributed by atoms with E-state index in [1.54, 1.807) is 11.9 Å². The molecule has 0 bridgehead atoms. The Morgan fingerprint density at radius 2 is 1.94 bits per heavy atom. The molecule has 0 fully saturated rings. The fourth-order valence-electron chi connectivity index (χ4n) is 1.48. The number of benzene rings is 1. The van der Waals surface area contributed by atoms with Crippen LogP contribution in [-0.2, 0) is 4.79 Å². The number of hydrogen-bond acceptors (Lipinski definition) is 2. The Hall–Kier alpha value is -1.79. The molecule has 0 aromatic heterocycles. The first-order chi connectivity index (χ1) is 8.74. The summed E-state index contributed by atoms with van der Waals surface area (Å²) in [6, 6.07) is 9.46. The lowest BCUT2D eigenvalue weighted by molar-refractivity contribution is -0.123. The van der Waals surface area contributed by atoms with Gasteiger partial charge in [0.25, 0.3) is 5.91 Å². The average Bonchev–Trinajstić information content (AvgIpc) is 2.42. The van der Waals surface area contributed by atoms with E-state index in [-0.39, 0.29) is 12.5 Å². The van der Waals surface area contributed by atoms with Gasteiger partial charge in [0.05, 0.1) is 0 Å². The topological polar surface area (TPSA) is 40.5 Å². The van der Waals surface area contributed by atoms with Crippen LogP contribution in [-0.4, -0.2) is 36.1 Å². The van der Waals surface area contributed by atoms with E-state index in [1.165, 1.54) is 0 Å². The summed E-state index contributed by atoms with van der Waals surface area (Å²) in [6.07, 6.45) is 2.62. The second kappa shape index (κ2) is 8.32. The quantitative estimate of drug-likeness (QED) is 0.633. The predicted octanol–water partition coefficient (Wildman–Crippen LogP) is 1.66. The number of amides is 1. The number of unbranched alkanes of at least 4 members (excludes halogenated alkanes) is 2. The monoisotopic (exact) mass is 245 g/mol. The van der Waals surface area contributed by atoms with Crippen molar-refractivity contribution in [1.29, 1.82) is 0 Å². The van der Waals surface area contributed by atoms with Crippen molar-refractivity contribution in [3.63, 3.8) is 0 Å². The fourth-order valence-corrected chi connectivity index (χ4v) is 1.48. The lowest BCUT2D eigenvalue weighted by atomic mass is 10.2. The standard InChI is InChI=1S/C15H19NO2/c1-16(12-6-3-7-13-17)15(18)11-10-14-8-4-2-5-9-14/h2,4-5,8-9,17H,3,6-7,12-13H2,1H3. The molecule has 18 heavy (non-hydrogen) atoms. The van der Waals surface area contributed by atoms with Crippen molar-refractivity contribution < 1.29 is 9.90 Å². The zero-order valence-corrected chi connectivity index (χ0v) is 10.7. The molecule has 0 aliphatic rings. The van der Waals surface area contributed by atoms with Crippen molar-refractivity contribution in [2.24, 2.45) is 0 Å². The van der Waals surface area contributed by atoms with E-state index in [1.807, 2.05) is 30.3 Å². The maximum Gasteiger partial charge on any atom is 0.298 e. The van der Waals surface area contributed by atoms with E-state index in [4.69, 9.17) is 5.11 Å². The Bertz CT molecular complexity index is 417. The highest BCUT2D eigenvalue weighted by molar-refractivity contribution is 5.93. The highest BCUT2D eigenvalue weighted by Gasteiger charge is 2.03. The van der Waals surface area contributed by atoms with Gasteiger partial charge >= 0.3 is 0 Å². The minimum absolute atomic E-state index is 0.164. The number of aliphatic hydroxyl groups is 1. The normalized spacial score (nSPS) is 9.44. The Balaban J connectivity index is 2.38. The number of rotatable bonds is 5. The molecule has 1 amide bonds. The first kappa shape index (κ1) is 14.3. The third-order valence-electron chi connectivity index (χ3n) is 2.59. The Labute approximate surface area is 108 Å². The largest absolute Gasteiger partial charge is 0.396 e. The Morgan fingerprint density at radius 3 is 2.61 bits per heavy atom. The van der Waals surface area contributed by atoms with Gasteiger partial charge in [-0.05, 0) is 31.4 Å². The Kier molecular flexibility index (Phi) is 6.60. The van der Waals surface area contributed by atoms with Gasteiger partial charge in [-0.3, -0.25) is 4.79 Å². The third kappa shape index (κ3) is 5.51. The van der Waals surface area contributed by atoms with Crippen LogP contribution in [0.4, 0.5) is 0 Å². The van der Waals surface area contributed by atoms with Gasteiger partial charge in [0.15, 0.2) is 0 Å². The third-order valence-corrected chi connectivity index (χ3v) is 2.59. The molecular formula is C15H19NO2. The van der Waals surface area contributed by atoms with E-state index in [9.17, 15) is 4.79 Å². The smallest absolute Gasteiger partial charge is 0.298 e. The van der Waals surface area contributed by atoms with Crippen LogP contribution < -0.4 is 0 Å². The molecule has 0 atom stereocenters. The second-order valence-corrected chi connectivity index (χ2v) is 4.13. The molecule has 1 rings (SSSR count). The van der Waals surface area contributed by atoms with Gasteiger partial charge in [0.1, 0.15) is 0 Å². The molecule has 0 aliphatic heterocycles. The number of carbonyl (C=O) groups excluding carboxylic acids is 1. The first-order valence-corrected chi connectivity index (χ1v) is 6.17. The van der Waals surface area contributed by atoms with Crippen LogP contribution in [0.15, 0.2) is 30.3 Å². The summed E-state index contributed by atoms with van der Waals surface area (Å²) in [4.78, 5) is 13.3. The lowest BCUT2D eigenvalue weighted by Gasteiger charge is -2.12. The number of aliphatic hydroxyl groups excluding tert-OH is 1. The lowest BCUT2D eigenvalue weighted by Crippen LogP contribution is -2.26. The summed E-state index contributed by atoms with van der Waals surface area (Å²) in [5.74, 6) is 5.31. The van der Waals surface area contributed by atoms with E-state index in [2.05, 4.69) is 11.8 Å². The van der Waals surface area contributed by atoms with Crippen LogP contribution in [0.2, 0.25) is 0 Å². The molecule has 0 spiro atoms. The summed E-state index contributed by atoms with van der Waals surface area (Å²) in [5, 5.41) is 8.65.